The van der Waals surface area contributed by atoms with Crippen LogP contribution in [0.2, 0.25) is 10.0 Å². The zero-order valence-electron chi connectivity index (χ0n) is 15.5. The fraction of sp³-hybridized carbons (Fsp3) is 0.350. The summed E-state index contributed by atoms with van der Waals surface area (Å²) in [6.45, 7) is 2.59. The molecule has 1 fully saturated rings. The van der Waals surface area contributed by atoms with Crippen molar-refractivity contribution in [1.29, 1.82) is 0 Å². The zero-order chi connectivity index (χ0) is 20.3. The first-order valence-corrected chi connectivity index (χ1v) is 11.4. The maximum absolute atomic E-state index is 12.7. The number of rotatable bonds is 5. The average Bonchev–Trinajstić information content (AvgIpc) is 2.65. The van der Waals surface area contributed by atoms with E-state index >= 15 is 0 Å². The fourth-order valence-electron chi connectivity index (χ4n) is 3.34. The van der Waals surface area contributed by atoms with E-state index in [0.29, 0.717) is 41.7 Å². The topological polar surface area (TPSA) is 66.5 Å². The summed E-state index contributed by atoms with van der Waals surface area (Å²) in [7, 11) is -3.41. The second-order valence-electron chi connectivity index (χ2n) is 7.01. The summed E-state index contributed by atoms with van der Waals surface area (Å²) in [5.74, 6) is -0.454. The van der Waals surface area contributed by atoms with Crippen LogP contribution in [0, 0.1) is 12.8 Å². The van der Waals surface area contributed by atoms with Crippen molar-refractivity contribution in [3.05, 3.63) is 63.6 Å². The molecule has 0 radical (unpaired) electrons. The van der Waals surface area contributed by atoms with E-state index in [1.807, 2.05) is 31.2 Å². The molecule has 1 N–H and O–H groups in total. The van der Waals surface area contributed by atoms with E-state index in [-0.39, 0.29) is 17.6 Å². The van der Waals surface area contributed by atoms with E-state index in [0.717, 1.165) is 11.1 Å². The van der Waals surface area contributed by atoms with Crippen LogP contribution in [0.3, 0.4) is 0 Å². The van der Waals surface area contributed by atoms with Gasteiger partial charge in [0, 0.05) is 19.0 Å². The van der Waals surface area contributed by atoms with Crippen LogP contribution in [0.5, 0.6) is 0 Å². The molecule has 1 heterocycles. The minimum absolute atomic E-state index is 0.0241. The van der Waals surface area contributed by atoms with Crippen molar-refractivity contribution in [2.45, 2.75) is 25.5 Å². The van der Waals surface area contributed by atoms with E-state index in [9.17, 15) is 13.2 Å². The van der Waals surface area contributed by atoms with Gasteiger partial charge in [0.25, 0.3) is 0 Å². The first-order valence-electron chi connectivity index (χ1n) is 9.04. The summed E-state index contributed by atoms with van der Waals surface area (Å²) in [6.07, 6.45) is 0.939. The number of amides is 1. The number of carbonyl (C=O) groups is 1. The highest BCUT2D eigenvalue weighted by Crippen LogP contribution is 2.31. The molecule has 2 aromatic carbocycles. The van der Waals surface area contributed by atoms with Crippen LogP contribution in [-0.2, 0) is 20.6 Å². The fourth-order valence-corrected chi connectivity index (χ4v) is 5.23. The Balaban J connectivity index is 1.59. The van der Waals surface area contributed by atoms with Gasteiger partial charge in [-0.1, -0.05) is 59.1 Å². The molecule has 1 aliphatic heterocycles. The Kier molecular flexibility index (Phi) is 6.65. The van der Waals surface area contributed by atoms with Gasteiger partial charge in [0.1, 0.15) is 0 Å². The quantitative estimate of drug-likeness (QED) is 0.744. The maximum atomic E-state index is 12.7. The molecule has 150 valence electrons. The molecule has 0 aliphatic carbocycles. The van der Waals surface area contributed by atoms with Crippen molar-refractivity contribution >= 4 is 44.8 Å². The summed E-state index contributed by atoms with van der Waals surface area (Å²) in [4.78, 5) is 12.5. The van der Waals surface area contributed by atoms with Crippen molar-refractivity contribution in [3.63, 3.8) is 0 Å². The largest absolute Gasteiger partial charge is 0.324 e. The van der Waals surface area contributed by atoms with Crippen LogP contribution < -0.4 is 5.32 Å². The zero-order valence-corrected chi connectivity index (χ0v) is 17.8. The predicted octanol–water partition coefficient (Wildman–Crippen LogP) is 4.48. The lowest BCUT2D eigenvalue weighted by atomic mass is 9.97. The monoisotopic (exact) mass is 440 g/mol. The van der Waals surface area contributed by atoms with Crippen LogP contribution >= 0.6 is 23.2 Å². The van der Waals surface area contributed by atoms with Gasteiger partial charge in [-0.25, -0.2) is 12.7 Å². The summed E-state index contributed by atoms with van der Waals surface area (Å²) >= 11 is 12.1. The third-order valence-corrected chi connectivity index (χ3v) is 7.53. The van der Waals surface area contributed by atoms with Gasteiger partial charge in [-0.3, -0.25) is 4.79 Å². The van der Waals surface area contributed by atoms with Crippen molar-refractivity contribution in [3.8, 4) is 0 Å². The highest BCUT2D eigenvalue weighted by molar-refractivity contribution is 7.88. The minimum atomic E-state index is -3.41. The molecule has 28 heavy (non-hydrogen) atoms. The molecule has 0 atom stereocenters. The lowest BCUT2D eigenvalue weighted by Gasteiger charge is -2.30. The molecule has 1 saturated heterocycles. The molecule has 0 unspecified atom stereocenters. The predicted molar refractivity (Wildman–Crippen MR) is 113 cm³/mol. The Bertz CT molecular complexity index is 971. The number of nitrogens with zero attached hydrogens (tertiary/aromatic N) is 1. The van der Waals surface area contributed by atoms with Gasteiger partial charge in [-0.05, 0) is 37.5 Å². The normalized spacial score (nSPS) is 16.1. The van der Waals surface area contributed by atoms with Crippen LogP contribution in [0.1, 0.15) is 24.0 Å². The molecular formula is C20H22Cl2N2O3S. The number of halogens is 2. The highest BCUT2D eigenvalue weighted by Gasteiger charge is 2.31. The number of hydrogen-bond donors (Lipinski definition) is 1. The van der Waals surface area contributed by atoms with Crippen LogP contribution in [-0.4, -0.2) is 31.7 Å². The molecule has 2 aromatic rings. The van der Waals surface area contributed by atoms with Gasteiger partial charge in [0.15, 0.2) is 0 Å². The molecular weight excluding hydrogens is 419 g/mol. The summed E-state index contributed by atoms with van der Waals surface area (Å²) in [5, 5.41) is 3.47. The third-order valence-electron chi connectivity index (χ3n) is 4.86. The Morgan fingerprint density at radius 1 is 1.14 bits per heavy atom. The molecule has 0 spiro atoms. The van der Waals surface area contributed by atoms with Gasteiger partial charge in [0.05, 0.1) is 21.5 Å². The Morgan fingerprint density at radius 2 is 1.82 bits per heavy atom. The SMILES string of the molecule is Cc1cccc(CS(=O)(=O)N2CCC(C(=O)Nc3cccc(Cl)c3Cl)CC2)c1. The van der Waals surface area contributed by atoms with Crippen molar-refractivity contribution in [2.75, 3.05) is 18.4 Å². The molecule has 5 nitrogen and oxygen atoms in total. The van der Waals surface area contributed by atoms with Gasteiger partial charge in [0.2, 0.25) is 15.9 Å². The number of anilines is 1. The van der Waals surface area contributed by atoms with Gasteiger partial charge < -0.3 is 5.32 Å². The molecule has 8 heteroatoms. The molecule has 0 saturated carbocycles. The summed E-state index contributed by atoms with van der Waals surface area (Å²) in [6, 6.07) is 12.5. The molecule has 0 bridgehead atoms. The molecule has 1 amide bonds. The van der Waals surface area contributed by atoms with Crippen molar-refractivity contribution < 1.29 is 13.2 Å². The second-order valence-corrected chi connectivity index (χ2v) is 9.76. The summed E-state index contributed by atoms with van der Waals surface area (Å²) in [5.41, 5.74) is 2.27. The molecule has 3 rings (SSSR count). The van der Waals surface area contributed by atoms with Crippen LogP contribution in [0.25, 0.3) is 0 Å². The van der Waals surface area contributed by atoms with E-state index < -0.39 is 10.0 Å². The van der Waals surface area contributed by atoms with Gasteiger partial charge in [-0.15, -0.1) is 0 Å². The number of benzene rings is 2. The lowest BCUT2D eigenvalue weighted by Crippen LogP contribution is -2.41. The van der Waals surface area contributed by atoms with E-state index in [1.54, 1.807) is 18.2 Å². The number of aryl methyl sites for hydroxylation is 1. The van der Waals surface area contributed by atoms with E-state index in [2.05, 4.69) is 5.32 Å². The first-order chi connectivity index (χ1) is 13.3. The number of sulfonamides is 1. The summed E-state index contributed by atoms with van der Waals surface area (Å²) < 4.78 is 26.9. The molecule has 1 aliphatic rings. The number of piperidine rings is 1. The lowest BCUT2D eigenvalue weighted by molar-refractivity contribution is -0.120. The highest BCUT2D eigenvalue weighted by atomic mass is 35.5. The van der Waals surface area contributed by atoms with Gasteiger partial charge >= 0.3 is 0 Å². The van der Waals surface area contributed by atoms with Crippen molar-refractivity contribution in [1.82, 2.24) is 4.31 Å². The maximum Gasteiger partial charge on any atom is 0.227 e. The Hall–Kier alpha value is -1.60. The van der Waals surface area contributed by atoms with E-state index in [1.165, 1.54) is 4.31 Å². The van der Waals surface area contributed by atoms with E-state index in [4.69, 9.17) is 23.2 Å². The second kappa shape index (κ2) is 8.82. The minimum Gasteiger partial charge on any atom is -0.324 e. The standard InChI is InChI=1S/C20H22Cl2N2O3S/c1-14-4-2-5-15(12-14)13-28(26,27)24-10-8-16(9-11-24)20(25)23-18-7-3-6-17(21)19(18)22/h2-7,12,16H,8-11,13H2,1H3,(H,23,25). The van der Waals surface area contributed by atoms with Crippen LogP contribution in [0.15, 0.2) is 42.5 Å². The smallest absolute Gasteiger partial charge is 0.227 e. The molecule has 0 aromatic heterocycles. The van der Waals surface area contributed by atoms with Crippen LogP contribution in [0.4, 0.5) is 5.69 Å². The Morgan fingerprint density at radius 3 is 2.50 bits per heavy atom. The first kappa shape index (κ1) is 21.1. The average molecular weight is 441 g/mol. The Labute approximate surface area is 175 Å². The van der Waals surface area contributed by atoms with Crippen molar-refractivity contribution in [2.24, 2.45) is 5.92 Å². The number of hydrogen-bond acceptors (Lipinski definition) is 3. The number of nitrogens with one attached hydrogen (secondary N) is 1. The number of carbonyl (C=O) groups excluding carboxylic acids is 1. The third kappa shape index (κ3) is 5.06. The van der Waals surface area contributed by atoms with Gasteiger partial charge in [-0.2, -0.15) is 0 Å².